The highest BCUT2D eigenvalue weighted by molar-refractivity contribution is 7.16. The first-order valence-electron chi connectivity index (χ1n) is 8.35. The molecule has 0 saturated carbocycles. The van der Waals surface area contributed by atoms with E-state index in [1.807, 2.05) is 18.2 Å². The van der Waals surface area contributed by atoms with Crippen LogP contribution in [0.15, 0.2) is 30.3 Å². The number of para-hydroxylation sites is 1. The molecule has 0 fully saturated rings. The number of esters is 1. The van der Waals surface area contributed by atoms with E-state index in [0.29, 0.717) is 16.3 Å². The highest BCUT2D eigenvalue weighted by Crippen LogP contribution is 2.37. The lowest BCUT2D eigenvalue weighted by molar-refractivity contribution is -0.128. The summed E-state index contributed by atoms with van der Waals surface area (Å²) in [5.74, 6) is -0.710. The monoisotopic (exact) mass is 374 g/mol. The van der Waals surface area contributed by atoms with Gasteiger partial charge in [0, 0.05) is 17.0 Å². The van der Waals surface area contributed by atoms with E-state index in [2.05, 4.69) is 5.32 Å². The van der Waals surface area contributed by atoms with E-state index in [-0.39, 0.29) is 18.9 Å². The number of hydrogen-bond acceptors (Lipinski definition) is 6. The Labute approximate surface area is 156 Å². The normalized spacial score (nSPS) is 16.7. The molecule has 138 valence electrons. The summed E-state index contributed by atoms with van der Waals surface area (Å²) in [6.07, 6.45) is -0.395. The predicted octanol–water partition coefficient (Wildman–Crippen LogP) is 3.37. The standard InChI is InChI=1S/C19H22N2O4S/c1-19(2,3)25-18(23)15-12-9-13(24-10-14(12)26-16(15)20)17(22)21-11-7-5-4-6-8-11/h4-8,13H,9-10,20H2,1-3H3,(H,21,22). The molecule has 0 bridgehead atoms. The minimum atomic E-state index is -0.683. The van der Waals surface area contributed by atoms with Crippen molar-refractivity contribution in [2.75, 3.05) is 11.1 Å². The Morgan fingerprint density at radius 2 is 1.96 bits per heavy atom. The number of anilines is 2. The largest absolute Gasteiger partial charge is 0.456 e. The second-order valence-electron chi connectivity index (χ2n) is 7.10. The molecule has 6 nitrogen and oxygen atoms in total. The van der Waals surface area contributed by atoms with Crippen molar-refractivity contribution in [3.05, 3.63) is 46.3 Å². The third-order valence-corrected chi connectivity index (χ3v) is 4.89. The molecule has 2 aromatic rings. The van der Waals surface area contributed by atoms with Crippen LogP contribution in [0.3, 0.4) is 0 Å². The number of carbonyl (C=O) groups is 2. The molecule has 1 atom stereocenters. The molecule has 3 rings (SSSR count). The average Bonchev–Trinajstić information content (AvgIpc) is 2.89. The lowest BCUT2D eigenvalue weighted by atomic mass is 10.00. The van der Waals surface area contributed by atoms with Crippen LogP contribution < -0.4 is 11.1 Å². The zero-order chi connectivity index (χ0) is 18.9. The summed E-state index contributed by atoms with van der Waals surface area (Å²) in [7, 11) is 0. The van der Waals surface area contributed by atoms with Crippen molar-refractivity contribution < 1.29 is 19.1 Å². The van der Waals surface area contributed by atoms with Crippen molar-refractivity contribution in [1.82, 2.24) is 0 Å². The highest BCUT2D eigenvalue weighted by atomic mass is 32.1. The second-order valence-corrected chi connectivity index (χ2v) is 8.24. The van der Waals surface area contributed by atoms with Crippen molar-refractivity contribution >= 4 is 33.9 Å². The summed E-state index contributed by atoms with van der Waals surface area (Å²) < 4.78 is 11.1. The van der Waals surface area contributed by atoms with Crippen LogP contribution in [-0.4, -0.2) is 23.6 Å². The SMILES string of the molecule is CC(C)(C)OC(=O)c1c(N)sc2c1CC(C(=O)Nc1ccccc1)OC2. The maximum atomic E-state index is 12.5. The minimum absolute atomic E-state index is 0.248. The van der Waals surface area contributed by atoms with Crippen LogP contribution in [0.2, 0.25) is 0 Å². The van der Waals surface area contributed by atoms with Gasteiger partial charge in [-0.3, -0.25) is 4.79 Å². The first kappa shape index (κ1) is 18.4. The van der Waals surface area contributed by atoms with Crippen LogP contribution in [0.1, 0.15) is 41.6 Å². The van der Waals surface area contributed by atoms with Gasteiger partial charge in [-0.25, -0.2) is 4.79 Å². The lowest BCUT2D eigenvalue weighted by Crippen LogP contribution is -2.35. The summed E-state index contributed by atoms with van der Waals surface area (Å²) in [4.78, 5) is 25.9. The number of amides is 1. The van der Waals surface area contributed by atoms with Gasteiger partial charge in [-0.05, 0) is 38.5 Å². The van der Waals surface area contributed by atoms with E-state index >= 15 is 0 Å². The molecule has 7 heteroatoms. The van der Waals surface area contributed by atoms with Crippen LogP contribution in [-0.2, 0) is 27.3 Å². The van der Waals surface area contributed by atoms with Gasteiger partial charge in [0.2, 0.25) is 0 Å². The number of nitrogens with one attached hydrogen (secondary N) is 1. The van der Waals surface area contributed by atoms with Crippen molar-refractivity contribution in [3.8, 4) is 0 Å². The van der Waals surface area contributed by atoms with Gasteiger partial charge < -0.3 is 20.5 Å². The number of benzene rings is 1. The lowest BCUT2D eigenvalue weighted by Gasteiger charge is -2.24. The van der Waals surface area contributed by atoms with Crippen LogP contribution in [0.4, 0.5) is 10.7 Å². The summed E-state index contributed by atoms with van der Waals surface area (Å²) in [6.45, 7) is 5.66. The molecule has 0 radical (unpaired) electrons. The molecule has 0 saturated heterocycles. The van der Waals surface area contributed by atoms with Crippen molar-refractivity contribution in [1.29, 1.82) is 0 Å². The van der Waals surface area contributed by atoms with E-state index in [9.17, 15) is 9.59 Å². The topological polar surface area (TPSA) is 90.7 Å². The number of nitrogens with two attached hydrogens (primary N) is 1. The number of thiophene rings is 1. The summed E-state index contributed by atoms with van der Waals surface area (Å²) in [5.41, 5.74) is 7.24. The Bertz CT molecular complexity index is 824. The number of rotatable bonds is 3. The number of fused-ring (bicyclic) bond motifs is 1. The summed E-state index contributed by atoms with van der Waals surface area (Å²) in [5, 5.41) is 3.23. The fourth-order valence-corrected chi connectivity index (χ4v) is 3.76. The van der Waals surface area contributed by atoms with Crippen LogP contribution >= 0.6 is 11.3 Å². The van der Waals surface area contributed by atoms with Gasteiger partial charge in [0.25, 0.3) is 5.91 Å². The Balaban J connectivity index is 1.79. The maximum Gasteiger partial charge on any atom is 0.341 e. The van der Waals surface area contributed by atoms with E-state index in [1.165, 1.54) is 11.3 Å². The third kappa shape index (κ3) is 4.05. The van der Waals surface area contributed by atoms with Crippen LogP contribution in [0.5, 0.6) is 0 Å². The van der Waals surface area contributed by atoms with Crippen molar-refractivity contribution in [2.45, 2.75) is 45.5 Å². The molecular weight excluding hydrogens is 352 g/mol. The number of ether oxygens (including phenoxy) is 2. The van der Waals surface area contributed by atoms with Gasteiger partial charge in [-0.2, -0.15) is 0 Å². The number of carbonyl (C=O) groups excluding carboxylic acids is 2. The fraction of sp³-hybridized carbons (Fsp3) is 0.368. The molecule has 0 aliphatic carbocycles. The van der Waals surface area contributed by atoms with Crippen LogP contribution in [0.25, 0.3) is 0 Å². The average molecular weight is 374 g/mol. The molecular formula is C19H22N2O4S. The molecule has 0 spiro atoms. The first-order valence-corrected chi connectivity index (χ1v) is 9.17. The quantitative estimate of drug-likeness (QED) is 0.804. The smallest absolute Gasteiger partial charge is 0.341 e. The molecule has 3 N–H and O–H groups in total. The molecule has 1 aliphatic rings. The van der Waals surface area contributed by atoms with E-state index in [0.717, 1.165) is 10.4 Å². The Morgan fingerprint density at radius 1 is 1.27 bits per heavy atom. The van der Waals surface area contributed by atoms with Gasteiger partial charge in [0.1, 0.15) is 16.7 Å². The molecule has 1 aromatic carbocycles. The van der Waals surface area contributed by atoms with Gasteiger partial charge in [-0.15, -0.1) is 11.3 Å². The molecule has 26 heavy (non-hydrogen) atoms. The van der Waals surface area contributed by atoms with E-state index in [4.69, 9.17) is 15.2 Å². The van der Waals surface area contributed by atoms with Gasteiger partial charge in [-0.1, -0.05) is 18.2 Å². The maximum absolute atomic E-state index is 12.5. The molecule has 1 unspecified atom stereocenters. The zero-order valence-corrected chi connectivity index (χ0v) is 15.8. The minimum Gasteiger partial charge on any atom is -0.456 e. The number of nitrogen functional groups attached to an aromatic ring is 1. The van der Waals surface area contributed by atoms with E-state index in [1.54, 1.807) is 32.9 Å². The first-order chi connectivity index (χ1) is 12.2. The predicted molar refractivity (Wildman–Crippen MR) is 101 cm³/mol. The van der Waals surface area contributed by atoms with Crippen molar-refractivity contribution in [2.24, 2.45) is 0 Å². The van der Waals surface area contributed by atoms with Crippen molar-refractivity contribution in [3.63, 3.8) is 0 Å². The van der Waals surface area contributed by atoms with Gasteiger partial charge >= 0.3 is 5.97 Å². The number of hydrogen-bond donors (Lipinski definition) is 2. The zero-order valence-electron chi connectivity index (χ0n) is 15.0. The fourth-order valence-electron chi connectivity index (χ4n) is 2.75. The second kappa shape index (κ2) is 7.09. The molecule has 1 aliphatic heterocycles. The Hall–Kier alpha value is -2.38. The molecule has 1 amide bonds. The summed E-state index contributed by atoms with van der Waals surface area (Å²) >= 11 is 1.31. The molecule has 2 heterocycles. The Morgan fingerprint density at radius 3 is 2.62 bits per heavy atom. The third-order valence-electron chi connectivity index (χ3n) is 3.86. The highest BCUT2D eigenvalue weighted by Gasteiger charge is 2.33. The Kier molecular flexibility index (Phi) is 5.02. The summed E-state index contributed by atoms with van der Waals surface area (Å²) in [6, 6.07) is 9.17. The van der Waals surface area contributed by atoms with Gasteiger partial charge in [0.15, 0.2) is 0 Å². The molecule has 1 aromatic heterocycles. The van der Waals surface area contributed by atoms with E-state index < -0.39 is 17.7 Å². The van der Waals surface area contributed by atoms with Crippen LogP contribution in [0, 0.1) is 0 Å². The van der Waals surface area contributed by atoms with Gasteiger partial charge in [0.05, 0.1) is 12.2 Å².